The molecule has 0 saturated heterocycles. The molecule has 0 saturated carbocycles. The highest BCUT2D eigenvalue weighted by atomic mass is 32.2. The standard InChI is InChI=1S/C10H11NO4S/c1-3-10(12)11-16(13,14)9-7-5-4-6-8(9)15-2/h3-7H,1H2,2H3,(H,11,12). The lowest BCUT2D eigenvalue weighted by Gasteiger charge is -2.08. The van der Waals surface area contributed by atoms with Crippen molar-refractivity contribution in [3.63, 3.8) is 0 Å². The van der Waals surface area contributed by atoms with Gasteiger partial charge in [-0.05, 0) is 18.2 Å². The number of hydrogen-bond acceptors (Lipinski definition) is 4. The quantitative estimate of drug-likeness (QED) is 0.787. The minimum absolute atomic E-state index is 0.0901. The van der Waals surface area contributed by atoms with Crippen molar-refractivity contribution in [3.05, 3.63) is 36.9 Å². The summed E-state index contributed by atoms with van der Waals surface area (Å²) in [6, 6.07) is 6.01. The van der Waals surface area contributed by atoms with Gasteiger partial charge in [0, 0.05) is 0 Å². The molecule has 0 unspecified atom stereocenters. The summed E-state index contributed by atoms with van der Waals surface area (Å²) in [6.07, 6.45) is 0.882. The number of amides is 1. The number of methoxy groups -OCH3 is 1. The zero-order valence-corrected chi connectivity index (χ0v) is 9.45. The van der Waals surface area contributed by atoms with Gasteiger partial charge < -0.3 is 4.74 Å². The number of benzene rings is 1. The summed E-state index contributed by atoms with van der Waals surface area (Å²) in [5.74, 6) is -0.613. The highest BCUT2D eigenvalue weighted by Gasteiger charge is 2.20. The van der Waals surface area contributed by atoms with Gasteiger partial charge in [-0.15, -0.1) is 0 Å². The molecule has 1 aromatic carbocycles. The van der Waals surface area contributed by atoms with Gasteiger partial charge in [-0.2, -0.15) is 0 Å². The Morgan fingerprint density at radius 2 is 2.06 bits per heavy atom. The normalized spacial score (nSPS) is 10.6. The minimum atomic E-state index is -3.91. The highest BCUT2D eigenvalue weighted by Crippen LogP contribution is 2.22. The summed E-state index contributed by atoms with van der Waals surface area (Å²) in [6.45, 7) is 3.17. The Balaban J connectivity index is 3.17. The van der Waals surface area contributed by atoms with Crippen LogP contribution in [0.2, 0.25) is 0 Å². The molecular formula is C10H11NO4S. The van der Waals surface area contributed by atoms with Gasteiger partial charge in [0.15, 0.2) is 0 Å². The zero-order chi connectivity index (χ0) is 12.2. The maximum absolute atomic E-state index is 11.7. The fourth-order valence-corrected chi connectivity index (χ4v) is 2.20. The van der Waals surface area contributed by atoms with E-state index < -0.39 is 15.9 Å². The molecule has 0 aliphatic rings. The first-order valence-corrected chi connectivity index (χ1v) is 5.82. The van der Waals surface area contributed by atoms with Crippen LogP contribution < -0.4 is 9.46 Å². The molecule has 1 amide bonds. The highest BCUT2D eigenvalue weighted by molar-refractivity contribution is 7.90. The molecule has 6 heteroatoms. The molecule has 0 fully saturated rings. The van der Waals surface area contributed by atoms with E-state index in [1.165, 1.54) is 25.3 Å². The Hall–Kier alpha value is -1.82. The molecule has 1 N–H and O–H groups in total. The number of sulfonamides is 1. The molecular weight excluding hydrogens is 230 g/mol. The number of nitrogens with one attached hydrogen (secondary N) is 1. The lowest BCUT2D eigenvalue weighted by Crippen LogP contribution is -2.29. The van der Waals surface area contributed by atoms with Crippen LogP contribution in [0.3, 0.4) is 0 Å². The average Bonchev–Trinajstić information content (AvgIpc) is 2.28. The second-order valence-electron chi connectivity index (χ2n) is 2.82. The van der Waals surface area contributed by atoms with Crippen molar-refractivity contribution >= 4 is 15.9 Å². The van der Waals surface area contributed by atoms with Crippen LogP contribution in [0, 0.1) is 0 Å². The minimum Gasteiger partial charge on any atom is -0.495 e. The van der Waals surface area contributed by atoms with Gasteiger partial charge in [0.05, 0.1) is 7.11 Å². The maximum atomic E-state index is 11.7. The Kier molecular flexibility index (Phi) is 3.68. The Bertz CT molecular complexity index is 507. The summed E-state index contributed by atoms with van der Waals surface area (Å²) in [5.41, 5.74) is 0. The third-order valence-corrected chi connectivity index (χ3v) is 3.17. The van der Waals surface area contributed by atoms with Gasteiger partial charge in [-0.3, -0.25) is 4.79 Å². The molecule has 1 rings (SSSR count). The second kappa shape index (κ2) is 4.80. The molecule has 0 radical (unpaired) electrons. The third kappa shape index (κ3) is 2.60. The number of rotatable bonds is 4. The van der Waals surface area contributed by atoms with E-state index >= 15 is 0 Å². The number of ether oxygens (including phenoxy) is 1. The Labute approximate surface area is 93.8 Å². The van der Waals surface area contributed by atoms with E-state index in [4.69, 9.17) is 4.74 Å². The van der Waals surface area contributed by atoms with E-state index in [-0.39, 0.29) is 10.6 Å². The lowest BCUT2D eigenvalue weighted by molar-refractivity contribution is -0.114. The van der Waals surface area contributed by atoms with Gasteiger partial charge in [0.2, 0.25) is 0 Å². The van der Waals surface area contributed by atoms with Gasteiger partial charge >= 0.3 is 0 Å². The van der Waals surface area contributed by atoms with Gasteiger partial charge in [0.25, 0.3) is 15.9 Å². The summed E-state index contributed by atoms with van der Waals surface area (Å²) in [7, 11) is -2.56. The summed E-state index contributed by atoms with van der Waals surface area (Å²) < 4.78 is 30.2. The Morgan fingerprint density at radius 1 is 1.44 bits per heavy atom. The smallest absolute Gasteiger partial charge is 0.267 e. The van der Waals surface area contributed by atoms with E-state index in [0.29, 0.717) is 0 Å². The first kappa shape index (κ1) is 12.3. The monoisotopic (exact) mass is 241 g/mol. The van der Waals surface area contributed by atoms with E-state index in [2.05, 4.69) is 6.58 Å². The fraction of sp³-hybridized carbons (Fsp3) is 0.100. The number of carbonyl (C=O) groups is 1. The average molecular weight is 241 g/mol. The molecule has 0 aliphatic carbocycles. The molecule has 5 nitrogen and oxygen atoms in total. The molecule has 16 heavy (non-hydrogen) atoms. The van der Waals surface area contributed by atoms with Crippen LogP contribution in [0.15, 0.2) is 41.8 Å². The van der Waals surface area contributed by atoms with Crippen molar-refractivity contribution < 1.29 is 17.9 Å². The zero-order valence-electron chi connectivity index (χ0n) is 8.64. The van der Waals surface area contributed by atoms with Crippen LogP contribution in [0.5, 0.6) is 5.75 Å². The largest absolute Gasteiger partial charge is 0.495 e. The van der Waals surface area contributed by atoms with Crippen LogP contribution in [-0.2, 0) is 14.8 Å². The van der Waals surface area contributed by atoms with Crippen LogP contribution in [-0.4, -0.2) is 21.4 Å². The van der Waals surface area contributed by atoms with Crippen LogP contribution in [0.4, 0.5) is 0 Å². The predicted molar refractivity (Wildman–Crippen MR) is 58.5 cm³/mol. The van der Waals surface area contributed by atoms with Crippen LogP contribution in [0.25, 0.3) is 0 Å². The van der Waals surface area contributed by atoms with E-state index in [9.17, 15) is 13.2 Å². The first-order chi connectivity index (χ1) is 7.51. The molecule has 86 valence electrons. The van der Waals surface area contributed by atoms with Crippen molar-refractivity contribution in [2.45, 2.75) is 4.90 Å². The maximum Gasteiger partial charge on any atom is 0.267 e. The molecule has 0 aliphatic heterocycles. The van der Waals surface area contributed by atoms with Gasteiger partial charge in [0.1, 0.15) is 10.6 Å². The van der Waals surface area contributed by atoms with Crippen molar-refractivity contribution in [3.8, 4) is 5.75 Å². The van der Waals surface area contributed by atoms with Crippen LogP contribution >= 0.6 is 0 Å². The second-order valence-corrected chi connectivity index (χ2v) is 4.48. The molecule has 0 bridgehead atoms. The van der Waals surface area contributed by atoms with Crippen molar-refractivity contribution in [1.29, 1.82) is 0 Å². The molecule has 0 spiro atoms. The lowest BCUT2D eigenvalue weighted by atomic mass is 10.3. The molecule has 0 atom stereocenters. The van der Waals surface area contributed by atoms with E-state index in [1.807, 2.05) is 4.72 Å². The number of hydrogen-bond donors (Lipinski definition) is 1. The van der Waals surface area contributed by atoms with Gasteiger partial charge in [-0.1, -0.05) is 18.7 Å². The number of para-hydroxylation sites is 1. The Morgan fingerprint density at radius 3 is 2.62 bits per heavy atom. The summed E-state index contributed by atoms with van der Waals surface area (Å²) in [4.78, 5) is 10.9. The molecule has 0 aromatic heterocycles. The molecule has 1 aromatic rings. The van der Waals surface area contributed by atoms with Crippen LogP contribution in [0.1, 0.15) is 0 Å². The van der Waals surface area contributed by atoms with Crippen molar-refractivity contribution in [2.24, 2.45) is 0 Å². The van der Waals surface area contributed by atoms with E-state index in [0.717, 1.165) is 6.08 Å². The van der Waals surface area contributed by atoms with Crippen molar-refractivity contribution in [1.82, 2.24) is 4.72 Å². The third-order valence-electron chi connectivity index (χ3n) is 1.78. The predicted octanol–water partition coefficient (Wildman–Crippen LogP) is 0.686. The van der Waals surface area contributed by atoms with Crippen molar-refractivity contribution in [2.75, 3.05) is 7.11 Å². The van der Waals surface area contributed by atoms with E-state index in [1.54, 1.807) is 6.07 Å². The fourth-order valence-electron chi connectivity index (χ4n) is 1.07. The first-order valence-electron chi connectivity index (χ1n) is 4.33. The van der Waals surface area contributed by atoms with Gasteiger partial charge in [-0.25, -0.2) is 13.1 Å². The summed E-state index contributed by atoms with van der Waals surface area (Å²) >= 11 is 0. The summed E-state index contributed by atoms with van der Waals surface area (Å²) in [5, 5.41) is 0. The topological polar surface area (TPSA) is 72.5 Å². The SMILES string of the molecule is C=CC(=O)NS(=O)(=O)c1ccccc1OC. The molecule has 0 heterocycles. The number of carbonyl (C=O) groups excluding carboxylic acids is 1.